The van der Waals surface area contributed by atoms with Crippen LogP contribution in [0.2, 0.25) is 0 Å². The summed E-state index contributed by atoms with van der Waals surface area (Å²) in [5.41, 5.74) is 6.73. The summed E-state index contributed by atoms with van der Waals surface area (Å²) in [5, 5.41) is 0. The first-order chi connectivity index (χ1) is 10.5. The molecule has 1 saturated carbocycles. The first kappa shape index (κ1) is 19.8. The highest BCUT2D eigenvalue weighted by Gasteiger charge is 2.22. The van der Waals surface area contributed by atoms with Gasteiger partial charge in [-0.15, -0.1) is 12.4 Å². The quantitative estimate of drug-likeness (QED) is 0.789. The monoisotopic (exact) mass is 340 g/mol. The van der Waals surface area contributed by atoms with Crippen molar-refractivity contribution in [2.75, 3.05) is 20.2 Å². The summed E-state index contributed by atoms with van der Waals surface area (Å²) in [6.45, 7) is 5.68. The maximum Gasteiger partial charge on any atom is 0.253 e. The fraction of sp³-hybridized carbons (Fsp3) is 0.611. The topological polar surface area (TPSA) is 55.6 Å². The van der Waals surface area contributed by atoms with Crippen LogP contribution in [-0.2, 0) is 0 Å². The Morgan fingerprint density at radius 2 is 1.91 bits per heavy atom. The molecule has 2 rings (SSSR count). The molecule has 1 atom stereocenters. The van der Waals surface area contributed by atoms with Crippen LogP contribution in [0.4, 0.5) is 0 Å². The van der Waals surface area contributed by atoms with Gasteiger partial charge in [0, 0.05) is 25.2 Å². The van der Waals surface area contributed by atoms with Gasteiger partial charge in [0.15, 0.2) is 0 Å². The number of nitrogens with two attached hydrogens (primary N) is 1. The lowest BCUT2D eigenvalue weighted by Crippen LogP contribution is -2.34. The van der Waals surface area contributed by atoms with Crippen molar-refractivity contribution in [3.63, 3.8) is 0 Å². The van der Waals surface area contributed by atoms with Crippen LogP contribution in [0.5, 0.6) is 5.75 Å². The molecule has 0 heterocycles. The molecule has 1 fully saturated rings. The SMILES string of the molecule is CC(C)C(N)CCN(C)C(=O)c1ccc(OCC2CC2)cc1.Cl. The summed E-state index contributed by atoms with van der Waals surface area (Å²) in [7, 11) is 1.83. The third kappa shape index (κ3) is 6.40. The van der Waals surface area contributed by atoms with Crippen molar-refractivity contribution in [1.29, 1.82) is 0 Å². The van der Waals surface area contributed by atoms with Crippen molar-refractivity contribution < 1.29 is 9.53 Å². The first-order valence-corrected chi connectivity index (χ1v) is 8.21. The number of halogens is 1. The molecule has 5 heteroatoms. The van der Waals surface area contributed by atoms with Crippen LogP contribution in [0.15, 0.2) is 24.3 Å². The fourth-order valence-corrected chi connectivity index (χ4v) is 2.19. The summed E-state index contributed by atoms with van der Waals surface area (Å²) in [6, 6.07) is 7.56. The molecule has 0 aromatic heterocycles. The van der Waals surface area contributed by atoms with Gasteiger partial charge in [-0.05, 0) is 55.4 Å². The predicted molar refractivity (Wildman–Crippen MR) is 96.3 cm³/mol. The Labute approximate surface area is 145 Å². The van der Waals surface area contributed by atoms with E-state index in [-0.39, 0.29) is 24.4 Å². The number of hydrogen-bond donors (Lipinski definition) is 1. The van der Waals surface area contributed by atoms with Crippen molar-refractivity contribution in [2.24, 2.45) is 17.6 Å². The number of hydrogen-bond acceptors (Lipinski definition) is 3. The van der Waals surface area contributed by atoms with E-state index in [4.69, 9.17) is 10.5 Å². The molecule has 0 spiro atoms. The Morgan fingerprint density at radius 3 is 2.43 bits per heavy atom. The standard InChI is InChI=1S/C18H28N2O2.ClH/c1-13(2)17(19)10-11-20(3)18(21)15-6-8-16(9-7-15)22-12-14-4-5-14;/h6-9,13-14,17H,4-5,10-12,19H2,1-3H3;1H. The van der Waals surface area contributed by atoms with Gasteiger partial charge in [0.25, 0.3) is 5.91 Å². The Balaban J connectivity index is 0.00000264. The lowest BCUT2D eigenvalue weighted by Gasteiger charge is -2.21. The molecule has 1 aliphatic carbocycles. The molecule has 0 aliphatic heterocycles. The largest absolute Gasteiger partial charge is 0.493 e. The summed E-state index contributed by atoms with van der Waals surface area (Å²) < 4.78 is 5.69. The number of ether oxygens (including phenoxy) is 1. The van der Waals surface area contributed by atoms with Crippen molar-refractivity contribution in [1.82, 2.24) is 4.90 Å². The van der Waals surface area contributed by atoms with Crippen LogP contribution < -0.4 is 10.5 Å². The van der Waals surface area contributed by atoms with E-state index in [0.29, 0.717) is 18.0 Å². The zero-order chi connectivity index (χ0) is 16.1. The minimum Gasteiger partial charge on any atom is -0.493 e. The predicted octanol–water partition coefficient (Wildman–Crippen LogP) is 3.34. The molecule has 0 bridgehead atoms. The van der Waals surface area contributed by atoms with E-state index in [9.17, 15) is 4.79 Å². The molecule has 23 heavy (non-hydrogen) atoms. The van der Waals surface area contributed by atoms with Gasteiger partial charge < -0.3 is 15.4 Å². The fourth-order valence-electron chi connectivity index (χ4n) is 2.19. The molecule has 0 saturated heterocycles. The molecular weight excluding hydrogens is 312 g/mol. The van der Waals surface area contributed by atoms with Crippen LogP contribution in [0.3, 0.4) is 0 Å². The van der Waals surface area contributed by atoms with Gasteiger partial charge in [-0.1, -0.05) is 13.8 Å². The van der Waals surface area contributed by atoms with Crippen molar-refractivity contribution in [3.05, 3.63) is 29.8 Å². The van der Waals surface area contributed by atoms with Crippen LogP contribution in [0.25, 0.3) is 0 Å². The summed E-state index contributed by atoms with van der Waals surface area (Å²) in [4.78, 5) is 14.1. The van der Waals surface area contributed by atoms with Gasteiger partial charge in [-0.25, -0.2) is 0 Å². The van der Waals surface area contributed by atoms with Gasteiger partial charge >= 0.3 is 0 Å². The van der Waals surface area contributed by atoms with Gasteiger partial charge in [-0.2, -0.15) is 0 Å². The van der Waals surface area contributed by atoms with Crippen molar-refractivity contribution in [3.8, 4) is 5.75 Å². The Hall–Kier alpha value is -1.26. The van der Waals surface area contributed by atoms with Crippen molar-refractivity contribution in [2.45, 2.75) is 39.2 Å². The van der Waals surface area contributed by atoms with Gasteiger partial charge in [-0.3, -0.25) is 4.79 Å². The van der Waals surface area contributed by atoms with E-state index in [1.165, 1.54) is 12.8 Å². The molecular formula is C18H29ClN2O2. The van der Waals surface area contributed by atoms with Gasteiger partial charge in [0.2, 0.25) is 0 Å². The van der Waals surface area contributed by atoms with Gasteiger partial charge in [0.05, 0.1) is 6.61 Å². The summed E-state index contributed by atoms with van der Waals surface area (Å²) in [5.74, 6) is 2.04. The molecule has 1 aromatic rings. The molecule has 1 aliphatic rings. The van der Waals surface area contributed by atoms with E-state index < -0.39 is 0 Å². The third-order valence-corrected chi connectivity index (χ3v) is 4.28. The van der Waals surface area contributed by atoms with Crippen LogP contribution in [0.1, 0.15) is 43.5 Å². The minimum atomic E-state index is 0. The average molecular weight is 341 g/mol. The maximum atomic E-state index is 12.4. The number of rotatable bonds is 8. The highest BCUT2D eigenvalue weighted by atomic mass is 35.5. The number of amides is 1. The molecule has 2 N–H and O–H groups in total. The third-order valence-electron chi connectivity index (χ3n) is 4.28. The maximum absolute atomic E-state index is 12.4. The molecule has 1 unspecified atom stereocenters. The highest BCUT2D eigenvalue weighted by molar-refractivity contribution is 5.94. The van der Waals surface area contributed by atoms with E-state index >= 15 is 0 Å². The molecule has 1 amide bonds. The van der Waals surface area contributed by atoms with Crippen molar-refractivity contribution >= 4 is 18.3 Å². The smallest absolute Gasteiger partial charge is 0.253 e. The number of benzene rings is 1. The Kier molecular flexibility index (Phi) is 7.86. The molecule has 0 radical (unpaired) electrons. The molecule has 1 aromatic carbocycles. The highest BCUT2D eigenvalue weighted by Crippen LogP contribution is 2.29. The average Bonchev–Trinajstić information content (AvgIpc) is 3.34. The lowest BCUT2D eigenvalue weighted by atomic mass is 10.0. The van der Waals surface area contributed by atoms with Crippen LogP contribution in [-0.4, -0.2) is 37.0 Å². The number of nitrogens with zero attached hydrogens (tertiary/aromatic N) is 1. The zero-order valence-electron chi connectivity index (χ0n) is 14.3. The van der Waals surface area contributed by atoms with Crippen LogP contribution in [0, 0.1) is 11.8 Å². The lowest BCUT2D eigenvalue weighted by molar-refractivity contribution is 0.0789. The first-order valence-electron chi connectivity index (χ1n) is 8.21. The number of carbonyl (C=O) groups excluding carboxylic acids is 1. The minimum absolute atomic E-state index is 0. The summed E-state index contributed by atoms with van der Waals surface area (Å²) in [6.07, 6.45) is 3.38. The second kappa shape index (κ2) is 9.14. The number of carbonyl (C=O) groups is 1. The van der Waals surface area contributed by atoms with E-state index in [0.717, 1.165) is 24.7 Å². The molecule has 130 valence electrons. The second-order valence-electron chi connectivity index (χ2n) is 6.70. The van der Waals surface area contributed by atoms with Gasteiger partial charge in [0.1, 0.15) is 5.75 Å². The second-order valence-corrected chi connectivity index (χ2v) is 6.70. The normalized spacial score (nSPS) is 15.0. The summed E-state index contributed by atoms with van der Waals surface area (Å²) >= 11 is 0. The zero-order valence-corrected chi connectivity index (χ0v) is 15.1. The Morgan fingerprint density at radius 1 is 1.30 bits per heavy atom. The van der Waals surface area contributed by atoms with E-state index in [1.807, 2.05) is 31.3 Å². The molecule has 4 nitrogen and oxygen atoms in total. The Bertz CT molecular complexity index is 486. The van der Waals surface area contributed by atoms with Crippen LogP contribution >= 0.6 is 12.4 Å². The van der Waals surface area contributed by atoms with E-state index in [2.05, 4.69) is 13.8 Å². The van der Waals surface area contributed by atoms with E-state index in [1.54, 1.807) is 4.90 Å².